The number of sulfonamides is 1. The number of nitrogens with one attached hydrogen (secondary N) is 1. The Morgan fingerprint density at radius 2 is 1.72 bits per heavy atom. The molecule has 0 fully saturated rings. The van der Waals surface area contributed by atoms with E-state index in [1.54, 1.807) is 6.92 Å². The number of rotatable bonds is 12. The molecule has 1 aliphatic carbocycles. The van der Waals surface area contributed by atoms with E-state index in [0.29, 0.717) is 36.9 Å². The van der Waals surface area contributed by atoms with Gasteiger partial charge in [-0.3, -0.25) is 13.9 Å². The summed E-state index contributed by atoms with van der Waals surface area (Å²) in [5.41, 5.74) is 2.71. The van der Waals surface area contributed by atoms with Gasteiger partial charge >= 0.3 is 5.97 Å². The number of carboxylic acid groups (broad SMARTS) is 1. The van der Waals surface area contributed by atoms with Crippen LogP contribution < -0.4 is 4.72 Å². The summed E-state index contributed by atoms with van der Waals surface area (Å²) in [6, 6.07) is 2.14. The molecule has 4 N–H and O–H groups in total. The lowest BCUT2D eigenvalue weighted by Crippen LogP contribution is -2.31. The number of hydrogen-bond donors (Lipinski definition) is 4. The van der Waals surface area contributed by atoms with E-state index < -0.39 is 64.8 Å². The summed E-state index contributed by atoms with van der Waals surface area (Å²) in [6.07, 6.45) is 2.49. The minimum Gasteiger partial charge on any atom is -0.481 e. The van der Waals surface area contributed by atoms with Gasteiger partial charge in [0.2, 0.25) is 10.0 Å². The summed E-state index contributed by atoms with van der Waals surface area (Å²) < 4.78 is 96.3. The molecule has 39 heavy (non-hydrogen) atoms. The van der Waals surface area contributed by atoms with Gasteiger partial charge in [-0.25, -0.2) is 17.7 Å². The molecule has 1 aliphatic heterocycles. The molecule has 0 radical (unpaired) electrons. The summed E-state index contributed by atoms with van der Waals surface area (Å²) in [6.45, 7) is 7.61. The second-order valence-electron chi connectivity index (χ2n) is 10.5. The van der Waals surface area contributed by atoms with Gasteiger partial charge in [-0.1, -0.05) is 6.92 Å². The van der Waals surface area contributed by atoms with Crippen molar-refractivity contribution in [3.8, 4) is 0 Å². The lowest BCUT2D eigenvalue weighted by molar-refractivity contribution is -0.478. The molecule has 0 saturated carbocycles. The molecule has 15 heteroatoms. The van der Waals surface area contributed by atoms with Crippen LogP contribution >= 0.6 is 0 Å². The van der Waals surface area contributed by atoms with Crippen molar-refractivity contribution in [1.82, 2.24) is 4.72 Å². The minimum absolute atomic E-state index is 0.0838. The highest BCUT2D eigenvalue weighted by molar-refractivity contribution is 7.90. The largest absolute Gasteiger partial charge is 0.481 e. The molecular formula is C24H35N2O10S3+. The molecule has 2 aliphatic rings. The third kappa shape index (κ3) is 6.77. The molecule has 0 bridgehead atoms. The molecule has 0 aromatic heterocycles. The topological polar surface area (TPSA) is 195 Å². The Morgan fingerprint density at radius 3 is 2.28 bits per heavy atom. The SMILES string of the molecule is CC1=[N+](CCCCCC(=O)O)C2=C(c3cc(S(=O)(=O)O)cc(S(=O)(=O)NCCS(=O)(=O)O)c3C(C)C2)C1(C)C. The highest BCUT2D eigenvalue weighted by Gasteiger charge is 2.50. The van der Waals surface area contributed by atoms with Crippen molar-refractivity contribution in [2.45, 2.75) is 75.5 Å². The number of fused-ring (bicyclic) bond motifs is 2. The predicted molar refractivity (Wildman–Crippen MR) is 144 cm³/mol. The van der Waals surface area contributed by atoms with Crippen molar-refractivity contribution in [3.05, 3.63) is 29.0 Å². The highest BCUT2D eigenvalue weighted by Crippen LogP contribution is 2.53. The zero-order valence-electron chi connectivity index (χ0n) is 22.3. The lowest BCUT2D eigenvalue weighted by Gasteiger charge is -2.29. The van der Waals surface area contributed by atoms with E-state index >= 15 is 0 Å². The van der Waals surface area contributed by atoms with Crippen LogP contribution in [0.5, 0.6) is 0 Å². The minimum atomic E-state index is -4.82. The van der Waals surface area contributed by atoms with Crippen LogP contribution in [0.2, 0.25) is 0 Å². The quantitative estimate of drug-likeness (QED) is 0.156. The van der Waals surface area contributed by atoms with E-state index in [4.69, 9.17) is 9.66 Å². The molecular weight excluding hydrogens is 572 g/mol. The van der Waals surface area contributed by atoms with Crippen molar-refractivity contribution in [2.75, 3.05) is 18.8 Å². The van der Waals surface area contributed by atoms with Gasteiger partial charge in [0.15, 0.2) is 11.4 Å². The van der Waals surface area contributed by atoms with Crippen molar-refractivity contribution in [2.24, 2.45) is 5.41 Å². The third-order valence-corrected chi connectivity index (χ3v) is 10.5. The van der Waals surface area contributed by atoms with Crippen LogP contribution in [0.15, 0.2) is 27.6 Å². The maximum atomic E-state index is 13.3. The zero-order valence-corrected chi connectivity index (χ0v) is 24.7. The first kappa shape index (κ1) is 31.4. The Morgan fingerprint density at radius 1 is 1.08 bits per heavy atom. The van der Waals surface area contributed by atoms with Crippen LogP contribution in [0.3, 0.4) is 0 Å². The maximum Gasteiger partial charge on any atom is 0.303 e. The first-order valence-electron chi connectivity index (χ1n) is 12.4. The normalized spacial score (nSPS) is 19.3. The van der Waals surface area contributed by atoms with E-state index in [0.717, 1.165) is 29.5 Å². The molecule has 0 saturated heterocycles. The first-order chi connectivity index (χ1) is 17.8. The Hall–Kier alpha value is -2.17. The molecule has 218 valence electrons. The zero-order chi connectivity index (χ0) is 29.6. The van der Waals surface area contributed by atoms with Gasteiger partial charge in [-0.2, -0.15) is 16.8 Å². The van der Waals surface area contributed by atoms with Gasteiger partial charge in [-0.05, 0) is 55.9 Å². The van der Waals surface area contributed by atoms with Crippen LogP contribution in [0, 0.1) is 5.41 Å². The number of carboxylic acids is 1. The fraction of sp³-hybridized carbons (Fsp3) is 0.583. The molecule has 0 amide bonds. The lowest BCUT2D eigenvalue weighted by atomic mass is 9.72. The number of allylic oxidation sites excluding steroid dienone is 2. The maximum absolute atomic E-state index is 13.3. The Bertz CT molecular complexity index is 1570. The first-order valence-corrected chi connectivity index (χ1v) is 17.0. The van der Waals surface area contributed by atoms with Gasteiger partial charge in [0.1, 0.15) is 6.54 Å². The van der Waals surface area contributed by atoms with Crippen LogP contribution in [-0.2, 0) is 35.1 Å². The molecule has 12 nitrogen and oxygen atoms in total. The van der Waals surface area contributed by atoms with E-state index in [1.807, 2.05) is 20.8 Å². The van der Waals surface area contributed by atoms with Crippen LogP contribution in [0.4, 0.5) is 0 Å². The second kappa shape index (κ2) is 11.0. The Labute approximate surface area is 229 Å². The van der Waals surface area contributed by atoms with E-state index in [1.165, 1.54) is 6.07 Å². The van der Waals surface area contributed by atoms with E-state index in [-0.39, 0.29) is 11.3 Å². The summed E-state index contributed by atoms with van der Waals surface area (Å²) in [4.78, 5) is 9.83. The van der Waals surface area contributed by atoms with Crippen LogP contribution in [0.25, 0.3) is 5.57 Å². The summed E-state index contributed by atoms with van der Waals surface area (Å²) >= 11 is 0. The van der Waals surface area contributed by atoms with Crippen molar-refractivity contribution in [1.29, 1.82) is 0 Å². The molecule has 1 heterocycles. The molecule has 0 spiro atoms. The van der Waals surface area contributed by atoms with Gasteiger partial charge < -0.3 is 5.11 Å². The third-order valence-electron chi connectivity index (χ3n) is 7.44. The Balaban J connectivity index is 2.14. The van der Waals surface area contributed by atoms with Gasteiger partial charge in [-0.15, -0.1) is 0 Å². The fourth-order valence-corrected chi connectivity index (χ4v) is 7.92. The van der Waals surface area contributed by atoms with Crippen molar-refractivity contribution >= 4 is 47.5 Å². The van der Waals surface area contributed by atoms with Gasteiger partial charge in [0.25, 0.3) is 20.2 Å². The average Bonchev–Trinajstić information content (AvgIpc) is 2.96. The van der Waals surface area contributed by atoms with Crippen LogP contribution in [-0.4, -0.2) is 74.6 Å². The second-order valence-corrected chi connectivity index (χ2v) is 15.3. The monoisotopic (exact) mass is 607 g/mol. The van der Waals surface area contributed by atoms with Crippen molar-refractivity contribution in [3.63, 3.8) is 0 Å². The molecule has 1 unspecified atom stereocenters. The number of benzene rings is 1. The predicted octanol–water partition coefficient (Wildman–Crippen LogP) is 2.48. The van der Waals surface area contributed by atoms with Crippen LogP contribution in [0.1, 0.15) is 76.8 Å². The van der Waals surface area contributed by atoms with E-state index in [9.17, 15) is 34.6 Å². The van der Waals surface area contributed by atoms with Gasteiger partial charge in [0.05, 0.1) is 21.0 Å². The molecule has 1 aromatic rings. The molecule has 1 atom stereocenters. The fourth-order valence-electron chi connectivity index (χ4n) is 5.41. The number of nitrogens with zero attached hydrogens (tertiary/aromatic N) is 1. The summed E-state index contributed by atoms with van der Waals surface area (Å²) in [5, 5.41) is 8.89. The number of carbonyl (C=O) groups is 1. The number of hydrogen-bond acceptors (Lipinski definition) is 7. The molecule has 1 aromatic carbocycles. The summed E-state index contributed by atoms with van der Waals surface area (Å²) in [5.74, 6) is -2.12. The average molecular weight is 608 g/mol. The summed E-state index contributed by atoms with van der Waals surface area (Å²) in [7, 11) is -13.7. The number of unbranched alkanes of at least 4 members (excludes halogenated alkanes) is 2. The standard InChI is InChI=1S/C24H34N2O10S3/c1-15-12-19-23(24(3,4)16(2)26(19)10-7-5-6-8-21(27)28)18-13-17(39(34,35)36)14-20(22(15)18)38(32,33)25-9-11-37(29,30)31/h13-15,25H,5-12H2,1-4H3,(H2-,27,28,29,30,31,34,35,36)/p+1. The highest BCUT2D eigenvalue weighted by atomic mass is 32.2. The molecule has 3 rings (SSSR count). The van der Waals surface area contributed by atoms with E-state index in [2.05, 4.69) is 9.30 Å². The Kier molecular flexibility index (Phi) is 8.85. The smallest absolute Gasteiger partial charge is 0.303 e. The van der Waals surface area contributed by atoms with Gasteiger partial charge in [0, 0.05) is 38.3 Å². The number of aliphatic carboxylic acids is 1. The van der Waals surface area contributed by atoms with Crippen molar-refractivity contribution < 1.29 is 48.8 Å².